The third-order valence-corrected chi connectivity index (χ3v) is 2.12. The minimum Gasteiger partial charge on any atom is -0.371 e. The van der Waals surface area contributed by atoms with E-state index in [0.29, 0.717) is 0 Å². The van der Waals surface area contributed by atoms with Crippen LogP contribution in [0.5, 0.6) is 0 Å². The fraction of sp³-hybridized carbons (Fsp3) is 0.333. The van der Waals surface area contributed by atoms with E-state index in [1.165, 1.54) is 11.3 Å². The second-order valence-electron chi connectivity index (χ2n) is 2.12. The van der Waals surface area contributed by atoms with Crippen molar-refractivity contribution >= 4 is 11.3 Å². The molecule has 2 nitrogen and oxygen atoms in total. The Bertz CT molecular complexity index is 175. The van der Waals surface area contributed by atoms with Crippen molar-refractivity contribution in [2.24, 2.45) is 5.73 Å². The molecule has 1 unspecified atom stereocenters. The largest absolute Gasteiger partial charge is 0.371 e. The summed E-state index contributed by atoms with van der Waals surface area (Å²) < 4.78 is 0. The molecule has 3 heteroatoms. The molecule has 1 heterocycles. The third kappa shape index (κ3) is 1.51. The number of aliphatic hydroxyl groups is 1. The number of hydrogen-bond acceptors (Lipinski definition) is 3. The summed E-state index contributed by atoms with van der Waals surface area (Å²) in [5.74, 6) is 0. The number of rotatable bonds is 1. The van der Waals surface area contributed by atoms with E-state index in [1.807, 2.05) is 17.5 Å². The number of hydrogen-bond donors (Lipinski definition) is 2. The van der Waals surface area contributed by atoms with Gasteiger partial charge in [0.2, 0.25) is 0 Å². The minimum absolute atomic E-state index is 0.794. The highest BCUT2D eigenvalue weighted by Crippen LogP contribution is 2.19. The van der Waals surface area contributed by atoms with Crippen LogP contribution in [0.3, 0.4) is 0 Å². The van der Waals surface area contributed by atoms with Gasteiger partial charge in [0.1, 0.15) is 5.72 Å². The van der Waals surface area contributed by atoms with Crippen molar-refractivity contribution in [3.63, 3.8) is 0 Å². The molecule has 0 spiro atoms. The molecule has 0 radical (unpaired) electrons. The van der Waals surface area contributed by atoms with Crippen molar-refractivity contribution in [2.45, 2.75) is 12.6 Å². The highest BCUT2D eigenvalue weighted by molar-refractivity contribution is 7.10. The fourth-order valence-corrected chi connectivity index (χ4v) is 1.27. The predicted octanol–water partition coefficient (Wildman–Crippen LogP) is 0.872. The molecule has 9 heavy (non-hydrogen) atoms. The van der Waals surface area contributed by atoms with E-state index in [1.54, 1.807) is 6.92 Å². The lowest BCUT2D eigenvalue weighted by atomic mass is 10.2. The second kappa shape index (κ2) is 2.10. The van der Waals surface area contributed by atoms with Crippen molar-refractivity contribution in [3.05, 3.63) is 22.4 Å². The summed E-state index contributed by atoms with van der Waals surface area (Å²) in [5, 5.41) is 11.1. The summed E-state index contributed by atoms with van der Waals surface area (Å²) in [5.41, 5.74) is 4.21. The molecule has 1 aromatic heterocycles. The van der Waals surface area contributed by atoms with Crippen molar-refractivity contribution in [1.82, 2.24) is 0 Å². The zero-order valence-electron chi connectivity index (χ0n) is 5.16. The van der Waals surface area contributed by atoms with Crippen LogP contribution in [0.1, 0.15) is 11.8 Å². The molecule has 0 saturated carbocycles. The Morgan fingerprint density at radius 2 is 2.44 bits per heavy atom. The Hall–Kier alpha value is -0.380. The SMILES string of the molecule is CC(N)(O)c1cccs1. The van der Waals surface area contributed by atoms with Gasteiger partial charge >= 0.3 is 0 Å². The molecule has 1 rings (SSSR count). The van der Waals surface area contributed by atoms with Crippen LogP contribution in [0.2, 0.25) is 0 Å². The Balaban J connectivity index is 2.90. The van der Waals surface area contributed by atoms with Gasteiger partial charge in [-0.2, -0.15) is 0 Å². The Kier molecular flexibility index (Phi) is 1.57. The van der Waals surface area contributed by atoms with Crippen LogP contribution in [0.4, 0.5) is 0 Å². The normalized spacial score (nSPS) is 17.2. The molecule has 1 aromatic rings. The summed E-state index contributed by atoms with van der Waals surface area (Å²) in [7, 11) is 0. The van der Waals surface area contributed by atoms with Gasteiger partial charge in [-0.05, 0) is 18.4 Å². The van der Waals surface area contributed by atoms with Gasteiger partial charge in [0.15, 0.2) is 0 Å². The number of thiophene rings is 1. The van der Waals surface area contributed by atoms with Crippen molar-refractivity contribution < 1.29 is 5.11 Å². The molecule has 0 aliphatic carbocycles. The van der Waals surface area contributed by atoms with Crippen LogP contribution in [-0.4, -0.2) is 5.11 Å². The van der Waals surface area contributed by atoms with Crippen LogP contribution in [0, 0.1) is 0 Å². The van der Waals surface area contributed by atoms with E-state index in [-0.39, 0.29) is 0 Å². The summed E-state index contributed by atoms with van der Waals surface area (Å²) >= 11 is 1.45. The monoisotopic (exact) mass is 143 g/mol. The molecule has 0 saturated heterocycles. The summed E-state index contributed by atoms with van der Waals surface area (Å²) in [6, 6.07) is 3.67. The van der Waals surface area contributed by atoms with Crippen molar-refractivity contribution in [1.29, 1.82) is 0 Å². The fourth-order valence-electron chi connectivity index (χ4n) is 0.567. The Morgan fingerprint density at radius 1 is 1.78 bits per heavy atom. The molecule has 0 amide bonds. The average Bonchev–Trinajstić information content (AvgIpc) is 2.08. The summed E-state index contributed by atoms with van der Waals surface area (Å²) in [6.45, 7) is 1.57. The molecule has 0 aromatic carbocycles. The lowest BCUT2D eigenvalue weighted by Gasteiger charge is -2.13. The topological polar surface area (TPSA) is 46.2 Å². The maximum Gasteiger partial charge on any atom is 0.145 e. The second-order valence-corrected chi connectivity index (χ2v) is 3.07. The lowest BCUT2D eigenvalue weighted by molar-refractivity contribution is 0.0686. The maximum atomic E-state index is 9.17. The quantitative estimate of drug-likeness (QED) is 0.573. The minimum atomic E-state index is -1.16. The molecule has 50 valence electrons. The van der Waals surface area contributed by atoms with Gasteiger partial charge in [-0.25, -0.2) is 0 Å². The predicted molar refractivity (Wildman–Crippen MR) is 38.1 cm³/mol. The lowest BCUT2D eigenvalue weighted by Crippen LogP contribution is -2.30. The van der Waals surface area contributed by atoms with Crippen LogP contribution in [-0.2, 0) is 5.72 Å². The Labute approximate surface area is 57.9 Å². The van der Waals surface area contributed by atoms with Crippen LogP contribution >= 0.6 is 11.3 Å². The van der Waals surface area contributed by atoms with Crippen LogP contribution in [0.25, 0.3) is 0 Å². The highest BCUT2D eigenvalue weighted by atomic mass is 32.1. The standard InChI is InChI=1S/C6H9NOS/c1-6(7,8)5-3-2-4-9-5/h2-4,8H,7H2,1H3. The van der Waals surface area contributed by atoms with Gasteiger partial charge in [0, 0.05) is 0 Å². The first-order valence-electron chi connectivity index (χ1n) is 2.66. The molecule has 0 fully saturated rings. The van der Waals surface area contributed by atoms with Gasteiger partial charge in [-0.15, -0.1) is 11.3 Å². The molecule has 0 aliphatic heterocycles. The molecule has 3 N–H and O–H groups in total. The highest BCUT2D eigenvalue weighted by Gasteiger charge is 2.16. The van der Waals surface area contributed by atoms with Crippen LogP contribution < -0.4 is 5.73 Å². The van der Waals surface area contributed by atoms with E-state index in [9.17, 15) is 0 Å². The molecule has 0 bridgehead atoms. The smallest absolute Gasteiger partial charge is 0.145 e. The van der Waals surface area contributed by atoms with Gasteiger partial charge in [0.25, 0.3) is 0 Å². The van der Waals surface area contributed by atoms with Crippen molar-refractivity contribution in [3.8, 4) is 0 Å². The third-order valence-electron chi connectivity index (χ3n) is 1.02. The van der Waals surface area contributed by atoms with Gasteiger partial charge < -0.3 is 5.11 Å². The average molecular weight is 143 g/mol. The van der Waals surface area contributed by atoms with E-state index >= 15 is 0 Å². The van der Waals surface area contributed by atoms with Gasteiger partial charge in [-0.3, -0.25) is 5.73 Å². The van der Waals surface area contributed by atoms with E-state index in [2.05, 4.69) is 0 Å². The van der Waals surface area contributed by atoms with Crippen LogP contribution in [0.15, 0.2) is 17.5 Å². The maximum absolute atomic E-state index is 9.17. The molecule has 0 aliphatic rings. The molecular weight excluding hydrogens is 134 g/mol. The first-order valence-corrected chi connectivity index (χ1v) is 3.54. The zero-order valence-corrected chi connectivity index (χ0v) is 5.98. The summed E-state index contributed by atoms with van der Waals surface area (Å²) in [4.78, 5) is 0.794. The van der Waals surface area contributed by atoms with Crippen molar-refractivity contribution in [2.75, 3.05) is 0 Å². The molecular formula is C6H9NOS. The molecule has 1 atom stereocenters. The van der Waals surface area contributed by atoms with E-state index in [4.69, 9.17) is 10.8 Å². The van der Waals surface area contributed by atoms with E-state index < -0.39 is 5.72 Å². The first kappa shape index (κ1) is 6.74. The first-order chi connectivity index (χ1) is 4.11. The van der Waals surface area contributed by atoms with E-state index in [0.717, 1.165) is 4.88 Å². The summed E-state index contributed by atoms with van der Waals surface area (Å²) in [6.07, 6.45) is 0. The van der Waals surface area contributed by atoms with Gasteiger partial charge in [0.05, 0.1) is 4.88 Å². The Morgan fingerprint density at radius 3 is 2.67 bits per heavy atom. The number of nitrogens with two attached hydrogens (primary N) is 1. The van der Waals surface area contributed by atoms with Gasteiger partial charge in [-0.1, -0.05) is 6.07 Å². The zero-order chi connectivity index (χ0) is 6.91.